The zero-order valence-electron chi connectivity index (χ0n) is 20.6. The molecule has 1 aromatic carbocycles. The van der Waals surface area contributed by atoms with Gasteiger partial charge in [-0.15, -0.1) is 0 Å². The van der Waals surface area contributed by atoms with Gasteiger partial charge in [0.1, 0.15) is 28.6 Å². The molecule has 1 aliphatic carbocycles. The number of aryl methyl sites for hydroxylation is 1. The summed E-state index contributed by atoms with van der Waals surface area (Å²) in [6.45, 7) is 3.23. The van der Waals surface area contributed by atoms with Gasteiger partial charge in [0, 0.05) is 36.8 Å². The quantitative estimate of drug-likeness (QED) is 0.277. The molecule has 1 aromatic heterocycles. The van der Waals surface area contributed by atoms with E-state index in [1.54, 1.807) is 6.07 Å². The number of ether oxygens (including phenoxy) is 1. The first-order chi connectivity index (χ1) is 17.9. The third kappa shape index (κ3) is 5.29. The van der Waals surface area contributed by atoms with Gasteiger partial charge in [0.15, 0.2) is 0 Å². The van der Waals surface area contributed by atoms with Gasteiger partial charge in [0.05, 0.1) is 18.0 Å². The van der Waals surface area contributed by atoms with Crippen LogP contribution in [0.4, 0.5) is 21.1 Å². The number of carbonyl (C=O) groups is 2. The van der Waals surface area contributed by atoms with E-state index in [0.29, 0.717) is 25.3 Å². The van der Waals surface area contributed by atoms with Crippen LogP contribution in [0.1, 0.15) is 43.7 Å². The minimum absolute atomic E-state index is 0.177. The van der Waals surface area contributed by atoms with Crippen molar-refractivity contribution >= 4 is 38.2 Å². The van der Waals surface area contributed by atoms with Gasteiger partial charge in [0.2, 0.25) is 0 Å². The number of hydrogen-bond acceptors (Lipinski definition) is 9. The molecule has 0 atom stereocenters. The van der Waals surface area contributed by atoms with E-state index in [4.69, 9.17) is 15.3 Å². The summed E-state index contributed by atoms with van der Waals surface area (Å²) in [6.07, 6.45) is 8.29. The summed E-state index contributed by atoms with van der Waals surface area (Å²) in [5, 5.41) is 21.5. The maximum atomic E-state index is 12.3. The number of aromatic nitrogens is 1. The van der Waals surface area contributed by atoms with Gasteiger partial charge in [-0.25, -0.2) is 14.6 Å². The Kier molecular flexibility index (Phi) is 8.07. The highest BCUT2D eigenvalue weighted by atomic mass is 32.3. The maximum Gasteiger partial charge on any atom is 0.393 e. The molecule has 0 spiro atoms. The van der Waals surface area contributed by atoms with Crippen molar-refractivity contribution in [1.29, 1.82) is 0 Å². The summed E-state index contributed by atoms with van der Waals surface area (Å²) in [7, 11) is -3.44. The Bertz CT molecular complexity index is 1210. The summed E-state index contributed by atoms with van der Waals surface area (Å²) in [5.74, 6) is 0.974. The summed E-state index contributed by atoms with van der Waals surface area (Å²) >= 11 is 0. The fourth-order valence-corrected chi connectivity index (χ4v) is 6.78. The number of unbranched alkanes of at least 4 members (excludes halogenated alkanes) is 2. The minimum atomic E-state index is -3.44. The SMILES string of the molecule is CCO/N=C1\CCc2cc(OCCCCCN3C=CN(c4ccnc(N)c4)S3(C(=O)O)C(=O)O)ccc21. The van der Waals surface area contributed by atoms with Crippen molar-refractivity contribution in [1.82, 2.24) is 9.29 Å². The molecule has 1 aliphatic heterocycles. The van der Waals surface area contributed by atoms with Crippen LogP contribution in [-0.2, 0) is 11.3 Å². The number of nitrogen functional groups attached to an aromatic ring is 1. The molecule has 2 heterocycles. The fraction of sp³-hybridized carbons (Fsp3) is 0.360. The van der Waals surface area contributed by atoms with Crippen LogP contribution in [0.2, 0.25) is 0 Å². The number of fused-ring (bicyclic) bond motifs is 1. The Hall–Kier alpha value is -3.93. The normalized spacial score (nSPS) is 17.6. The first-order valence-electron chi connectivity index (χ1n) is 12.1. The van der Waals surface area contributed by atoms with Crippen molar-refractivity contribution in [3.8, 4) is 5.75 Å². The molecular formula is C25H31N5O6S. The summed E-state index contributed by atoms with van der Waals surface area (Å²) in [4.78, 5) is 33.8. The van der Waals surface area contributed by atoms with Gasteiger partial charge in [-0.2, -0.15) is 0 Å². The molecule has 0 radical (unpaired) electrons. The second kappa shape index (κ2) is 11.4. The van der Waals surface area contributed by atoms with Gasteiger partial charge in [0.25, 0.3) is 0 Å². The van der Waals surface area contributed by atoms with E-state index in [1.165, 1.54) is 38.8 Å². The number of pyridine rings is 1. The van der Waals surface area contributed by atoms with Gasteiger partial charge in [-0.1, -0.05) is 5.16 Å². The molecule has 12 heteroatoms. The molecule has 198 valence electrons. The molecule has 0 saturated carbocycles. The first-order valence-corrected chi connectivity index (χ1v) is 13.6. The largest absolute Gasteiger partial charge is 0.494 e. The highest BCUT2D eigenvalue weighted by molar-refractivity contribution is 8.54. The van der Waals surface area contributed by atoms with Gasteiger partial charge < -0.3 is 29.8 Å². The molecule has 2 aromatic rings. The lowest BCUT2D eigenvalue weighted by atomic mass is 10.1. The van der Waals surface area contributed by atoms with Crippen molar-refractivity contribution in [3.05, 3.63) is 60.1 Å². The molecule has 4 N–H and O–H groups in total. The third-order valence-electron chi connectivity index (χ3n) is 6.11. The Balaban J connectivity index is 1.30. The standard InChI is InChI=1S/C25H31N5O6S/c1-2-36-28-22-9-6-18-16-20(7-8-21(18)22)35-15-5-3-4-12-29-13-14-30(19-10-11-27-23(26)17-19)37(29,24(31)32)25(33)34/h7-8,10-11,13-14,16-17H,2-6,9,12,15H2,1H3,(H2,26,27)(H,31,32)(H,33,34)/b28-22+. The molecule has 11 nitrogen and oxygen atoms in total. The predicted octanol–water partition coefficient (Wildman–Crippen LogP) is 5.18. The topological polar surface area (TPSA) is 151 Å². The van der Waals surface area contributed by atoms with Crippen molar-refractivity contribution in [2.45, 2.75) is 39.0 Å². The van der Waals surface area contributed by atoms with Crippen molar-refractivity contribution in [2.24, 2.45) is 5.16 Å². The van der Waals surface area contributed by atoms with Crippen LogP contribution in [0.25, 0.3) is 0 Å². The summed E-state index contributed by atoms with van der Waals surface area (Å²) in [5.41, 5.74) is 9.36. The summed E-state index contributed by atoms with van der Waals surface area (Å²) < 4.78 is 8.60. The Morgan fingerprint density at radius 1 is 1.11 bits per heavy atom. The number of rotatable bonds is 10. The lowest BCUT2D eigenvalue weighted by molar-refractivity contribution is 0.158. The van der Waals surface area contributed by atoms with Crippen LogP contribution in [0.5, 0.6) is 5.75 Å². The third-order valence-corrected chi connectivity index (χ3v) is 8.97. The summed E-state index contributed by atoms with van der Waals surface area (Å²) in [6, 6.07) is 8.98. The van der Waals surface area contributed by atoms with Crippen LogP contribution in [0.15, 0.2) is 54.1 Å². The molecule has 0 fully saturated rings. The zero-order chi connectivity index (χ0) is 26.4. The maximum absolute atomic E-state index is 12.3. The van der Waals surface area contributed by atoms with Crippen LogP contribution in [0, 0.1) is 0 Å². The average molecular weight is 530 g/mol. The van der Waals surface area contributed by atoms with Crippen LogP contribution in [-0.4, -0.2) is 55.6 Å². The smallest absolute Gasteiger partial charge is 0.393 e. The number of hydrogen-bond donors (Lipinski definition) is 3. The Labute approximate surface area is 216 Å². The minimum Gasteiger partial charge on any atom is -0.494 e. The van der Waals surface area contributed by atoms with Gasteiger partial charge >= 0.3 is 10.6 Å². The number of nitrogens with zero attached hydrogens (tertiary/aromatic N) is 4. The lowest BCUT2D eigenvalue weighted by Gasteiger charge is -2.42. The molecule has 0 bridgehead atoms. The molecule has 0 saturated heterocycles. The molecule has 2 aliphatic rings. The fourth-order valence-electron chi connectivity index (χ4n) is 4.40. The molecule has 37 heavy (non-hydrogen) atoms. The molecule has 4 rings (SSSR count). The second-order valence-electron chi connectivity index (χ2n) is 8.47. The first kappa shape index (κ1) is 26.1. The Morgan fingerprint density at radius 2 is 1.92 bits per heavy atom. The number of anilines is 2. The number of nitrogens with two attached hydrogens (primary N) is 1. The number of oxime groups is 1. The monoisotopic (exact) mass is 529 g/mol. The molecule has 0 amide bonds. The van der Waals surface area contributed by atoms with Crippen molar-refractivity contribution < 1.29 is 29.4 Å². The van der Waals surface area contributed by atoms with Crippen LogP contribution >= 0.6 is 10.4 Å². The van der Waals surface area contributed by atoms with E-state index in [9.17, 15) is 19.8 Å². The Morgan fingerprint density at radius 3 is 2.65 bits per heavy atom. The second-order valence-corrected chi connectivity index (χ2v) is 11.1. The average Bonchev–Trinajstić information content (AvgIpc) is 3.46. The van der Waals surface area contributed by atoms with E-state index in [2.05, 4.69) is 10.1 Å². The van der Waals surface area contributed by atoms with E-state index in [-0.39, 0.29) is 12.4 Å². The van der Waals surface area contributed by atoms with E-state index >= 15 is 0 Å². The van der Waals surface area contributed by atoms with E-state index in [1.807, 2.05) is 25.1 Å². The highest BCUT2D eigenvalue weighted by Crippen LogP contribution is 2.61. The lowest BCUT2D eigenvalue weighted by Crippen LogP contribution is -2.39. The van der Waals surface area contributed by atoms with Crippen LogP contribution in [0.3, 0.4) is 0 Å². The predicted molar refractivity (Wildman–Crippen MR) is 143 cm³/mol. The zero-order valence-corrected chi connectivity index (χ0v) is 21.4. The van der Waals surface area contributed by atoms with Gasteiger partial charge in [-0.3, -0.25) is 4.31 Å². The number of carboxylic acid groups (broad SMARTS) is 2. The van der Waals surface area contributed by atoms with Gasteiger partial charge in [-0.05, 0) is 68.9 Å². The van der Waals surface area contributed by atoms with Crippen molar-refractivity contribution in [2.75, 3.05) is 29.8 Å². The highest BCUT2D eigenvalue weighted by Gasteiger charge is 2.53. The van der Waals surface area contributed by atoms with Crippen molar-refractivity contribution in [3.63, 3.8) is 0 Å². The van der Waals surface area contributed by atoms with E-state index in [0.717, 1.165) is 42.7 Å². The molecular weight excluding hydrogens is 498 g/mol. The molecule has 0 unspecified atom stereocenters. The van der Waals surface area contributed by atoms with E-state index < -0.39 is 21.0 Å². The van der Waals surface area contributed by atoms with Crippen LogP contribution < -0.4 is 14.8 Å². The number of benzene rings is 1.